The first kappa shape index (κ1) is 12.9. The smallest absolute Gasteiger partial charge is 0.224 e. The van der Waals surface area contributed by atoms with Crippen molar-refractivity contribution in [1.29, 1.82) is 0 Å². The monoisotopic (exact) mass is 228 g/mol. The lowest BCUT2D eigenvalue weighted by Crippen LogP contribution is -2.51. The van der Waals surface area contributed by atoms with E-state index in [0.29, 0.717) is 6.42 Å². The fraction of sp³-hybridized carbons (Fsp3) is 0.909. The van der Waals surface area contributed by atoms with Gasteiger partial charge in [-0.05, 0) is 26.2 Å². The molecule has 1 aliphatic rings. The van der Waals surface area contributed by atoms with Gasteiger partial charge in [0.25, 0.3) is 0 Å². The SMILES string of the molecule is CCCC(C[N+](=O)[O-])N1C(=O)CCCC1C. The highest BCUT2D eigenvalue weighted by Gasteiger charge is 2.33. The standard InChI is InChI=1S/C11H20N2O3/c1-3-5-10(8-12(15)16)13-9(2)6-4-7-11(13)14/h9-10H,3-8H2,1-2H3. The van der Waals surface area contributed by atoms with E-state index in [0.717, 1.165) is 25.7 Å². The number of piperidine rings is 1. The van der Waals surface area contributed by atoms with Gasteiger partial charge in [0.15, 0.2) is 0 Å². The Bertz CT molecular complexity index is 268. The minimum atomic E-state index is -0.311. The molecule has 1 amide bonds. The molecule has 1 heterocycles. The minimum absolute atomic E-state index is 0.0825. The van der Waals surface area contributed by atoms with Crippen LogP contribution in [-0.4, -0.2) is 34.4 Å². The average Bonchev–Trinajstić information content (AvgIpc) is 2.16. The lowest BCUT2D eigenvalue weighted by molar-refractivity contribution is -0.486. The molecular formula is C11H20N2O3. The summed E-state index contributed by atoms with van der Waals surface area (Å²) in [5.41, 5.74) is 0. The molecule has 0 saturated carbocycles. The van der Waals surface area contributed by atoms with Crippen LogP contribution >= 0.6 is 0 Å². The molecule has 0 aromatic carbocycles. The first-order chi connectivity index (χ1) is 7.56. The lowest BCUT2D eigenvalue weighted by atomic mass is 9.98. The van der Waals surface area contributed by atoms with Gasteiger partial charge in [-0.25, -0.2) is 0 Å². The van der Waals surface area contributed by atoms with Crippen LogP contribution in [-0.2, 0) is 4.79 Å². The molecule has 0 radical (unpaired) electrons. The first-order valence-corrected chi connectivity index (χ1v) is 5.99. The van der Waals surface area contributed by atoms with Crippen molar-refractivity contribution in [2.24, 2.45) is 0 Å². The molecule has 1 aliphatic heterocycles. The Morgan fingerprint density at radius 3 is 2.81 bits per heavy atom. The molecule has 0 aromatic rings. The first-order valence-electron chi connectivity index (χ1n) is 5.99. The summed E-state index contributed by atoms with van der Waals surface area (Å²) in [6.07, 6.45) is 4.01. The van der Waals surface area contributed by atoms with Gasteiger partial charge in [0.05, 0.1) is 6.04 Å². The Hall–Kier alpha value is -1.13. The van der Waals surface area contributed by atoms with E-state index in [4.69, 9.17) is 0 Å². The van der Waals surface area contributed by atoms with E-state index in [2.05, 4.69) is 0 Å². The third-order valence-corrected chi connectivity index (χ3v) is 3.15. The summed E-state index contributed by atoms with van der Waals surface area (Å²) < 4.78 is 0. The highest BCUT2D eigenvalue weighted by molar-refractivity contribution is 5.77. The van der Waals surface area contributed by atoms with E-state index in [-0.39, 0.29) is 29.5 Å². The van der Waals surface area contributed by atoms with Crippen LogP contribution in [0.2, 0.25) is 0 Å². The summed E-state index contributed by atoms with van der Waals surface area (Å²) in [6, 6.07) is -0.0689. The van der Waals surface area contributed by atoms with Gasteiger partial charge in [-0.1, -0.05) is 13.3 Å². The third-order valence-electron chi connectivity index (χ3n) is 3.15. The number of rotatable bonds is 5. The topological polar surface area (TPSA) is 63.5 Å². The lowest BCUT2D eigenvalue weighted by Gasteiger charge is -2.38. The zero-order valence-electron chi connectivity index (χ0n) is 10.0. The maximum Gasteiger partial charge on any atom is 0.224 e. The molecule has 16 heavy (non-hydrogen) atoms. The van der Waals surface area contributed by atoms with Crippen molar-refractivity contribution in [1.82, 2.24) is 4.90 Å². The number of nitro groups is 1. The number of likely N-dealkylation sites (tertiary alicyclic amines) is 1. The molecule has 0 spiro atoms. The van der Waals surface area contributed by atoms with Crippen molar-refractivity contribution in [2.75, 3.05) is 6.54 Å². The largest absolute Gasteiger partial charge is 0.330 e. The van der Waals surface area contributed by atoms with Gasteiger partial charge in [-0.2, -0.15) is 0 Å². The van der Waals surface area contributed by atoms with Gasteiger partial charge < -0.3 is 4.90 Å². The Balaban J connectivity index is 2.73. The molecule has 5 nitrogen and oxygen atoms in total. The number of hydrogen-bond donors (Lipinski definition) is 0. The Morgan fingerprint density at radius 1 is 1.62 bits per heavy atom. The Labute approximate surface area is 96.0 Å². The summed E-state index contributed by atoms with van der Waals surface area (Å²) in [5, 5.41) is 10.6. The summed E-state index contributed by atoms with van der Waals surface area (Å²) in [6.45, 7) is 3.86. The fourth-order valence-electron chi connectivity index (χ4n) is 2.45. The Kier molecular flexibility index (Phi) is 4.71. The van der Waals surface area contributed by atoms with E-state index in [1.54, 1.807) is 4.90 Å². The zero-order valence-corrected chi connectivity index (χ0v) is 10.0. The van der Waals surface area contributed by atoms with Crippen molar-refractivity contribution in [2.45, 2.75) is 58.0 Å². The molecule has 2 unspecified atom stereocenters. The predicted molar refractivity (Wildman–Crippen MR) is 60.7 cm³/mol. The molecule has 0 aromatic heterocycles. The van der Waals surface area contributed by atoms with E-state index < -0.39 is 0 Å². The number of carbonyl (C=O) groups is 1. The van der Waals surface area contributed by atoms with Crippen molar-refractivity contribution in [3.05, 3.63) is 10.1 Å². The van der Waals surface area contributed by atoms with Crippen LogP contribution in [0.4, 0.5) is 0 Å². The molecule has 2 atom stereocenters. The molecule has 92 valence electrons. The van der Waals surface area contributed by atoms with Crippen LogP contribution in [0.1, 0.15) is 46.0 Å². The second kappa shape index (κ2) is 5.82. The van der Waals surface area contributed by atoms with Crippen molar-refractivity contribution in [3.63, 3.8) is 0 Å². The zero-order chi connectivity index (χ0) is 12.1. The molecule has 5 heteroatoms. The maximum atomic E-state index is 11.8. The molecule has 0 N–H and O–H groups in total. The summed E-state index contributed by atoms with van der Waals surface area (Å²) in [5.74, 6) is 0.0825. The molecule has 1 rings (SSSR count). The van der Waals surface area contributed by atoms with Gasteiger partial charge in [-0.15, -0.1) is 0 Å². The van der Waals surface area contributed by atoms with Crippen molar-refractivity contribution < 1.29 is 9.72 Å². The number of amides is 1. The average molecular weight is 228 g/mol. The van der Waals surface area contributed by atoms with E-state index in [1.807, 2.05) is 13.8 Å². The van der Waals surface area contributed by atoms with Crippen LogP contribution in [0.25, 0.3) is 0 Å². The van der Waals surface area contributed by atoms with Crippen LogP contribution in [0.5, 0.6) is 0 Å². The van der Waals surface area contributed by atoms with Gasteiger partial charge in [-0.3, -0.25) is 14.9 Å². The summed E-state index contributed by atoms with van der Waals surface area (Å²) in [7, 11) is 0. The van der Waals surface area contributed by atoms with E-state index in [9.17, 15) is 14.9 Å². The molecule has 1 saturated heterocycles. The number of hydrogen-bond acceptors (Lipinski definition) is 3. The second-order valence-corrected chi connectivity index (χ2v) is 4.50. The van der Waals surface area contributed by atoms with Gasteiger partial charge in [0.1, 0.15) is 0 Å². The fourth-order valence-corrected chi connectivity index (χ4v) is 2.45. The summed E-state index contributed by atoms with van der Waals surface area (Å²) in [4.78, 5) is 23.8. The van der Waals surface area contributed by atoms with Crippen LogP contribution < -0.4 is 0 Å². The summed E-state index contributed by atoms with van der Waals surface area (Å²) >= 11 is 0. The van der Waals surface area contributed by atoms with E-state index >= 15 is 0 Å². The second-order valence-electron chi connectivity index (χ2n) is 4.50. The van der Waals surface area contributed by atoms with Crippen LogP contribution in [0, 0.1) is 10.1 Å². The molecule has 0 bridgehead atoms. The maximum absolute atomic E-state index is 11.8. The van der Waals surface area contributed by atoms with Gasteiger partial charge >= 0.3 is 0 Å². The van der Waals surface area contributed by atoms with Crippen molar-refractivity contribution >= 4 is 5.91 Å². The van der Waals surface area contributed by atoms with Crippen LogP contribution in [0.3, 0.4) is 0 Å². The highest BCUT2D eigenvalue weighted by atomic mass is 16.6. The molecular weight excluding hydrogens is 208 g/mol. The number of carbonyl (C=O) groups excluding carboxylic acids is 1. The number of nitrogens with zero attached hydrogens (tertiary/aromatic N) is 2. The third kappa shape index (κ3) is 3.18. The quantitative estimate of drug-likeness (QED) is 0.532. The van der Waals surface area contributed by atoms with Gasteiger partial charge in [0.2, 0.25) is 12.5 Å². The minimum Gasteiger partial charge on any atom is -0.330 e. The van der Waals surface area contributed by atoms with Crippen molar-refractivity contribution in [3.8, 4) is 0 Å². The predicted octanol–water partition coefficient (Wildman–Crippen LogP) is 1.83. The molecule has 1 fully saturated rings. The van der Waals surface area contributed by atoms with Gasteiger partial charge in [0, 0.05) is 17.4 Å². The Morgan fingerprint density at radius 2 is 2.31 bits per heavy atom. The molecule has 0 aliphatic carbocycles. The van der Waals surface area contributed by atoms with Crippen LogP contribution in [0.15, 0.2) is 0 Å². The van der Waals surface area contributed by atoms with E-state index in [1.165, 1.54) is 0 Å². The highest BCUT2D eigenvalue weighted by Crippen LogP contribution is 2.22. The normalized spacial score (nSPS) is 23.2.